The minimum atomic E-state index is -0.301. The normalized spacial score (nSPS) is 25.5. The molecule has 0 bridgehead atoms. The van der Waals surface area contributed by atoms with Gasteiger partial charge in [-0.1, -0.05) is 32.1 Å². The third kappa shape index (κ3) is 4.25. The summed E-state index contributed by atoms with van der Waals surface area (Å²) in [5.41, 5.74) is 4.33. The lowest BCUT2D eigenvalue weighted by Gasteiger charge is -2.34. The average molecular weight is 466 g/mol. The second-order valence-corrected chi connectivity index (χ2v) is 10.9. The monoisotopic (exact) mass is 465 g/mol. The molecule has 0 N–H and O–H groups in total. The zero-order valence-corrected chi connectivity index (χ0v) is 21.0. The van der Waals surface area contributed by atoms with E-state index < -0.39 is 0 Å². The molecule has 2 fully saturated rings. The van der Waals surface area contributed by atoms with E-state index in [9.17, 15) is 9.59 Å². The predicted molar refractivity (Wildman–Crippen MR) is 134 cm³/mol. The number of imidazole rings is 1. The lowest BCUT2D eigenvalue weighted by molar-refractivity contribution is -0.122. The summed E-state index contributed by atoms with van der Waals surface area (Å²) in [6.45, 7) is 3.83. The van der Waals surface area contributed by atoms with Crippen molar-refractivity contribution in [2.45, 2.75) is 103 Å². The Labute approximate surface area is 203 Å². The van der Waals surface area contributed by atoms with E-state index in [0.717, 1.165) is 62.1 Å². The molecule has 34 heavy (non-hydrogen) atoms. The maximum Gasteiger partial charge on any atom is 0.414 e. The number of methoxy groups -OCH3 is 1. The van der Waals surface area contributed by atoms with Gasteiger partial charge in [-0.15, -0.1) is 0 Å². The maximum atomic E-state index is 12.6. The summed E-state index contributed by atoms with van der Waals surface area (Å²) in [7, 11) is 1.45. The van der Waals surface area contributed by atoms with E-state index >= 15 is 0 Å². The van der Waals surface area contributed by atoms with Crippen LogP contribution in [0.3, 0.4) is 0 Å². The summed E-state index contributed by atoms with van der Waals surface area (Å²) in [6, 6.07) is 4.68. The molecule has 2 aromatic rings. The molecule has 3 aliphatic rings. The van der Waals surface area contributed by atoms with Crippen LogP contribution >= 0.6 is 0 Å². The van der Waals surface area contributed by atoms with Crippen LogP contribution in [0.1, 0.15) is 95.5 Å². The van der Waals surface area contributed by atoms with Crippen molar-refractivity contribution in [2.75, 3.05) is 12.0 Å². The van der Waals surface area contributed by atoms with Gasteiger partial charge in [0.15, 0.2) is 0 Å². The molecule has 184 valence electrons. The van der Waals surface area contributed by atoms with Crippen LogP contribution in [0.4, 0.5) is 10.5 Å². The smallest absolute Gasteiger partial charge is 0.414 e. The molecule has 3 atom stereocenters. The zero-order chi connectivity index (χ0) is 23.8. The van der Waals surface area contributed by atoms with E-state index in [2.05, 4.69) is 23.6 Å². The SMILES string of the molecule is COC(=O)N1c2ccc3c(nc(CCC4CCCC4)n3[C@@H]3CCC[C@@H](C(C)=O)C3)c2CC[C@@H]1C. The summed E-state index contributed by atoms with van der Waals surface area (Å²) < 4.78 is 7.60. The Hall–Kier alpha value is -2.37. The first-order chi connectivity index (χ1) is 16.5. The van der Waals surface area contributed by atoms with Gasteiger partial charge in [0.25, 0.3) is 0 Å². The summed E-state index contributed by atoms with van der Waals surface area (Å²) in [5.74, 6) is 2.47. The summed E-state index contributed by atoms with van der Waals surface area (Å²) in [4.78, 5) is 31.9. The third-order valence-electron chi connectivity index (χ3n) is 8.74. The van der Waals surface area contributed by atoms with Crippen LogP contribution in [0.25, 0.3) is 11.0 Å². The quantitative estimate of drug-likeness (QED) is 0.513. The van der Waals surface area contributed by atoms with Crippen molar-refractivity contribution >= 4 is 28.6 Å². The molecular weight excluding hydrogens is 426 g/mol. The van der Waals surface area contributed by atoms with Crippen molar-refractivity contribution < 1.29 is 14.3 Å². The number of ether oxygens (including phenoxy) is 1. The number of amides is 1. The number of ketones is 1. The van der Waals surface area contributed by atoms with E-state index in [1.54, 1.807) is 11.8 Å². The summed E-state index contributed by atoms with van der Waals surface area (Å²) in [5, 5.41) is 0. The highest BCUT2D eigenvalue weighted by molar-refractivity contribution is 5.95. The minimum absolute atomic E-state index is 0.107. The van der Waals surface area contributed by atoms with E-state index in [4.69, 9.17) is 9.72 Å². The number of nitrogens with zero attached hydrogens (tertiary/aromatic N) is 3. The molecule has 6 heteroatoms. The highest BCUT2D eigenvalue weighted by Gasteiger charge is 2.33. The Bertz CT molecular complexity index is 1070. The van der Waals surface area contributed by atoms with Gasteiger partial charge in [-0.05, 0) is 70.4 Å². The van der Waals surface area contributed by atoms with Crippen LogP contribution < -0.4 is 4.90 Å². The molecular formula is C28H39N3O3. The van der Waals surface area contributed by atoms with Gasteiger partial charge < -0.3 is 9.30 Å². The molecule has 1 amide bonds. The van der Waals surface area contributed by atoms with Crippen LogP contribution in [0.15, 0.2) is 12.1 Å². The number of rotatable bonds is 5. The molecule has 0 saturated heterocycles. The number of anilines is 1. The number of aryl methyl sites for hydroxylation is 2. The van der Waals surface area contributed by atoms with E-state index in [1.165, 1.54) is 56.1 Å². The van der Waals surface area contributed by atoms with Crippen LogP contribution in [-0.4, -0.2) is 34.6 Å². The van der Waals surface area contributed by atoms with Gasteiger partial charge in [-0.25, -0.2) is 9.78 Å². The number of Topliss-reactive ketones (excluding diaryl/α,β-unsaturated/α-hetero) is 1. The lowest BCUT2D eigenvalue weighted by atomic mass is 9.83. The van der Waals surface area contributed by atoms with E-state index in [-0.39, 0.29) is 18.1 Å². The molecule has 5 rings (SSSR count). The van der Waals surface area contributed by atoms with Gasteiger partial charge in [-0.2, -0.15) is 0 Å². The molecule has 0 radical (unpaired) electrons. The lowest BCUT2D eigenvalue weighted by Crippen LogP contribution is -2.42. The fourth-order valence-corrected chi connectivity index (χ4v) is 6.81. The maximum absolute atomic E-state index is 12.6. The van der Waals surface area contributed by atoms with Crippen LogP contribution in [0.2, 0.25) is 0 Å². The molecule has 1 aromatic carbocycles. The Morgan fingerprint density at radius 1 is 1.09 bits per heavy atom. The number of hydrogen-bond donors (Lipinski definition) is 0. The predicted octanol–water partition coefficient (Wildman–Crippen LogP) is 6.39. The molecule has 0 unspecified atom stereocenters. The Balaban J connectivity index is 1.57. The minimum Gasteiger partial charge on any atom is -0.452 e. The second-order valence-electron chi connectivity index (χ2n) is 10.9. The molecule has 0 spiro atoms. The van der Waals surface area contributed by atoms with Crippen LogP contribution in [-0.2, 0) is 22.4 Å². The molecule has 1 aliphatic heterocycles. The molecule has 1 aromatic heterocycles. The Morgan fingerprint density at radius 2 is 1.88 bits per heavy atom. The van der Waals surface area contributed by atoms with Gasteiger partial charge >= 0.3 is 6.09 Å². The first kappa shape index (κ1) is 23.4. The second kappa shape index (κ2) is 9.71. The standard InChI is InChI=1S/C28H39N3O3/c1-18-11-13-23-24(30(18)28(33)34-3)14-15-25-27(23)29-26(16-12-20-7-4-5-8-20)31(25)22-10-6-9-21(17-22)19(2)32/h14-15,18,20-22H,4-13,16-17H2,1-3H3/t18-,21+,22+/m0/s1. The van der Waals surface area contributed by atoms with Gasteiger partial charge in [0, 0.05) is 30.0 Å². The number of hydrogen-bond acceptors (Lipinski definition) is 4. The van der Waals surface area contributed by atoms with Gasteiger partial charge in [-0.3, -0.25) is 9.69 Å². The average Bonchev–Trinajstić information content (AvgIpc) is 3.49. The van der Waals surface area contributed by atoms with Crippen molar-refractivity contribution in [3.63, 3.8) is 0 Å². The fourth-order valence-electron chi connectivity index (χ4n) is 6.81. The first-order valence-electron chi connectivity index (χ1n) is 13.4. The molecule has 2 heterocycles. The fraction of sp³-hybridized carbons (Fsp3) is 0.679. The van der Waals surface area contributed by atoms with Gasteiger partial charge in [0.2, 0.25) is 0 Å². The van der Waals surface area contributed by atoms with Crippen LogP contribution in [0, 0.1) is 11.8 Å². The van der Waals surface area contributed by atoms with Crippen molar-refractivity contribution in [1.29, 1.82) is 0 Å². The highest BCUT2D eigenvalue weighted by Crippen LogP contribution is 2.41. The van der Waals surface area contributed by atoms with E-state index in [0.29, 0.717) is 11.8 Å². The number of fused-ring (bicyclic) bond motifs is 3. The van der Waals surface area contributed by atoms with E-state index in [1.807, 2.05) is 0 Å². The van der Waals surface area contributed by atoms with Crippen molar-refractivity contribution in [3.05, 3.63) is 23.5 Å². The van der Waals surface area contributed by atoms with Gasteiger partial charge in [0.05, 0.1) is 23.8 Å². The molecule has 6 nitrogen and oxygen atoms in total. The molecule has 2 aliphatic carbocycles. The number of benzene rings is 1. The summed E-state index contributed by atoms with van der Waals surface area (Å²) in [6.07, 6.45) is 13.2. The van der Waals surface area contributed by atoms with Crippen LogP contribution in [0.5, 0.6) is 0 Å². The van der Waals surface area contributed by atoms with Crippen molar-refractivity contribution in [1.82, 2.24) is 9.55 Å². The molecule has 2 saturated carbocycles. The Morgan fingerprint density at radius 3 is 2.62 bits per heavy atom. The largest absolute Gasteiger partial charge is 0.452 e. The Kier molecular flexibility index (Phi) is 6.67. The number of carbonyl (C=O) groups is 2. The number of carbonyl (C=O) groups excluding carboxylic acids is 2. The topological polar surface area (TPSA) is 64.4 Å². The third-order valence-corrected chi connectivity index (χ3v) is 8.74. The number of aromatic nitrogens is 2. The first-order valence-corrected chi connectivity index (χ1v) is 13.4. The van der Waals surface area contributed by atoms with Crippen molar-refractivity contribution in [2.24, 2.45) is 11.8 Å². The van der Waals surface area contributed by atoms with Gasteiger partial charge in [0.1, 0.15) is 11.6 Å². The van der Waals surface area contributed by atoms with Crippen molar-refractivity contribution in [3.8, 4) is 0 Å². The summed E-state index contributed by atoms with van der Waals surface area (Å²) >= 11 is 0. The zero-order valence-electron chi connectivity index (χ0n) is 21.0. The highest BCUT2D eigenvalue weighted by atomic mass is 16.5.